The van der Waals surface area contributed by atoms with Crippen LogP contribution in [0.15, 0.2) is 12.3 Å². The fourth-order valence-corrected chi connectivity index (χ4v) is 2.45. The number of rotatable bonds is 4. The summed E-state index contributed by atoms with van der Waals surface area (Å²) in [6.45, 7) is 2.40. The van der Waals surface area contributed by atoms with Crippen molar-refractivity contribution >= 4 is 23.3 Å². The molecule has 0 fully saturated rings. The average molecular weight is 297 g/mol. The number of hydrogen-bond acceptors (Lipinski definition) is 4. The van der Waals surface area contributed by atoms with E-state index in [1.54, 1.807) is 21.5 Å². The molecule has 6 nitrogen and oxygen atoms in total. The number of carbonyl (C=O) groups is 1. The van der Waals surface area contributed by atoms with E-state index >= 15 is 0 Å². The van der Waals surface area contributed by atoms with E-state index < -0.39 is 5.97 Å². The number of aromatic nitrogens is 3. The average Bonchev–Trinajstić information content (AvgIpc) is 2.92. The zero-order chi connectivity index (χ0) is 14.9. The maximum Gasteiger partial charge on any atom is 0.354 e. The van der Waals surface area contributed by atoms with Crippen molar-refractivity contribution < 1.29 is 9.53 Å². The van der Waals surface area contributed by atoms with E-state index in [1.807, 2.05) is 14.0 Å². The Labute approximate surface area is 122 Å². The second-order valence-electron chi connectivity index (χ2n) is 4.46. The first-order valence-electron chi connectivity index (χ1n) is 6.22. The Balaban J connectivity index is 2.40. The molecule has 2 N–H and O–H groups in total. The summed E-state index contributed by atoms with van der Waals surface area (Å²) in [6.07, 6.45) is 2.44. The summed E-state index contributed by atoms with van der Waals surface area (Å²) in [6, 6.07) is 1.58. The Bertz CT molecular complexity index is 645. The van der Waals surface area contributed by atoms with Gasteiger partial charge in [-0.15, -0.1) is 0 Å². The second kappa shape index (κ2) is 5.58. The molecular weight excluding hydrogens is 280 g/mol. The second-order valence-corrected chi connectivity index (χ2v) is 4.84. The molecule has 0 bridgehead atoms. The van der Waals surface area contributed by atoms with Crippen molar-refractivity contribution in [2.24, 2.45) is 7.05 Å². The highest BCUT2D eigenvalue weighted by molar-refractivity contribution is 6.31. The van der Waals surface area contributed by atoms with Crippen molar-refractivity contribution in [3.63, 3.8) is 0 Å². The highest BCUT2D eigenvalue weighted by Crippen LogP contribution is 2.23. The van der Waals surface area contributed by atoms with Crippen molar-refractivity contribution in [3.05, 3.63) is 34.4 Å². The van der Waals surface area contributed by atoms with Crippen LogP contribution in [0.3, 0.4) is 0 Å². The van der Waals surface area contributed by atoms with Crippen LogP contribution in [0.25, 0.3) is 0 Å². The Kier molecular flexibility index (Phi) is 4.04. The molecule has 20 heavy (non-hydrogen) atoms. The number of carbonyl (C=O) groups excluding carboxylic acids is 1. The summed E-state index contributed by atoms with van der Waals surface area (Å²) >= 11 is 6.31. The normalized spacial score (nSPS) is 10.8. The first kappa shape index (κ1) is 14.5. The number of ether oxygens (including phenoxy) is 1. The van der Waals surface area contributed by atoms with E-state index in [2.05, 4.69) is 5.10 Å². The van der Waals surface area contributed by atoms with Crippen LogP contribution in [-0.4, -0.2) is 27.4 Å². The van der Waals surface area contributed by atoms with Gasteiger partial charge in [0.1, 0.15) is 5.69 Å². The zero-order valence-corrected chi connectivity index (χ0v) is 12.4. The largest absolute Gasteiger partial charge is 0.464 e. The standard InChI is InChI=1S/C13H17ClN4O2/c1-4-9-12(14)11(17(2)16-9)7-18-6-8(15)5-10(18)13(19)20-3/h5-6H,4,7,15H2,1-3H3. The third kappa shape index (κ3) is 2.51. The molecule has 0 amide bonds. The predicted octanol–water partition coefficient (Wildman–Crippen LogP) is 1.85. The Morgan fingerprint density at radius 1 is 1.55 bits per heavy atom. The first-order valence-corrected chi connectivity index (χ1v) is 6.59. The van der Waals surface area contributed by atoms with Gasteiger partial charge in [0, 0.05) is 13.2 Å². The van der Waals surface area contributed by atoms with Crippen LogP contribution < -0.4 is 5.73 Å². The van der Waals surface area contributed by atoms with Crippen LogP contribution in [0.1, 0.15) is 28.8 Å². The smallest absolute Gasteiger partial charge is 0.354 e. The molecular formula is C13H17ClN4O2. The van der Waals surface area contributed by atoms with Crippen LogP contribution in [0.4, 0.5) is 5.69 Å². The third-order valence-corrected chi connectivity index (χ3v) is 3.57. The van der Waals surface area contributed by atoms with Crippen molar-refractivity contribution in [2.75, 3.05) is 12.8 Å². The van der Waals surface area contributed by atoms with Crippen LogP contribution in [0, 0.1) is 0 Å². The molecule has 0 spiro atoms. The van der Waals surface area contributed by atoms with Gasteiger partial charge < -0.3 is 15.0 Å². The molecule has 2 heterocycles. The van der Waals surface area contributed by atoms with Crippen LogP contribution in [0.5, 0.6) is 0 Å². The van der Waals surface area contributed by atoms with Gasteiger partial charge in [0.05, 0.1) is 35.8 Å². The van der Waals surface area contributed by atoms with Gasteiger partial charge in [-0.1, -0.05) is 18.5 Å². The zero-order valence-electron chi connectivity index (χ0n) is 11.7. The summed E-state index contributed by atoms with van der Waals surface area (Å²) in [5, 5.41) is 4.97. The van der Waals surface area contributed by atoms with Crippen molar-refractivity contribution in [1.82, 2.24) is 14.3 Å². The van der Waals surface area contributed by atoms with Gasteiger partial charge in [-0.25, -0.2) is 4.79 Å². The number of anilines is 1. The van der Waals surface area contributed by atoms with E-state index in [1.165, 1.54) is 7.11 Å². The van der Waals surface area contributed by atoms with Crippen LogP contribution in [0.2, 0.25) is 5.02 Å². The molecule has 0 aliphatic carbocycles. The molecule has 0 aromatic carbocycles. The minimum Gasteiger partial charge on any atom is -0.464 e. The molecule has 0 saturated carbocycles. The number of nitrogen functional groups attached to an aromatic ring is 1. The number of hydrogen-bond donors (Lipinski definition) is 1. The van der Waals surface area contributed by atoms with Crippen molar-refractivity contribution in [1.29, 1.82) is 0 Å². The third-order valence-electron chi connectivity index (χ3n) is 3.14. The molecule has 7 heteroatoms. The van der Waals surface area contributed by atoms with E-state index in [0.717, 1.165) is 17.8 Å². The topological polar surface area (TPSA) is 75.1 Å². The van der Waals surface area contributed by atoms with Gasteiger partial charge in [-0.05, 0) is 12.5 Å². The van der Waals surface area contributed by atoms with Crippen molar-refractivity contribution in [2.45, 2.75) is 19.9 Å². The molecule has 0 radical (unpaired) electrons. The minimum atomic E-state index is -0.435. The molecule has 2 rings (SSSR count). The number of methoxy groups -OCH3 is 1. The summed E-state index contributed by atoms with van der Waals surface area (Å²) in [4.78, 5) is 11.7. The molecule has 0 aliphatic heterocycles. The summed E-state index contributed by atoms with van der Waals surface area (Å²) in [5.74, 6) is -0.435. The molecule has 0 aliphatic rings. The van der Waals surface area contributed by atoms with Crippen molar-refractivity contribution in [3.8, 4) is 0 Å². The SMILES string of the molecule is CCc1nn(C)c(Cn2cc(N)cc2C(=O)OC)c1Cl. The first-order chi connectivity index (χ1) is 9.47. The summed E-state index contributed by atoms with van der Waals surface area (Å²) in [5.41, 5.74) is 8.30. The minimum absolute atomic E-state index is 0.389. The Morgan fingerprint density at radius 3 is 2.80 bits per heavy atom. The van der Waals surface area contributed by atoms with Gasteiger partial charge in [-0.3, -0.25) is 4.68 Å². The summed E-state index contributed by atoms with van der Waals surface area (Å²) < 4.78 is 8.18. The molecule has 2 aromatic heterocycles. The van der Waals surface area contributed by atoms with Crippen LogP contribution in [-0.2, 0) is 24.8 Å². The number of aryl methyl sites for hydroxylation is 2. The predicted molar refractivity (Wildman–Crippen MR) is 76.9 cm³/mol. The molecule has 2 aromatic rings. The maximum absolute atomic E-state index is 11.7. The lowest BCUT2D eigenvalue weighted by Gasteiger charge is -2.08. The lowest BCUT2D eigenvalue weighted by atomic mass is 10.3. The Morgan fingerprint density at radius 2 is 2.25 bits per heavy atom. The lowest BCUT2D eigenvalue weighted by molar-refractivity contribution is 0.0589. The quantitative estimate of drug-likeness (QED) is 0.874. The maximum atomic E-state index is 11.7. The van der Waals surface area contributed by atoms with Crippen LogP contribution >= 0.6 is 11.6 Å². The fourth-order valence-electron chi connectivity index (χ4n) is 2.09. The Hall–Kier alpha value is -1.95. The molecule has 0 saturated heterocycles. The summed E-state index contributed by atoms with van der Waals surface area (Å²) in [7, 11) is 3.16. The van der Waals surface area contributed by atoms with E-state index in [0.29, 0.717) is 22.9 Å². The molecule has 0 atom stereocenters. The highest BCUT2D eigenvalue weighted by atomic mass is 35.5. The van der Waals surface area contributed by atoms with Gasteiger partial charge >= 0.3 is 5.97 Å². The fraction of sp³-hybridized carbons (Fsp3) is 0.385. The number of esters is 1. The number of nitrogens with two attached hydrogens (primary N) is 1. The van der Waals surface area contributed by atoms with E-state index in [9.17, 15) is 4.79 Å². The molecule has 108 valence electrons. The van der Waals surface area contributed by atoms with Gasteiger partial charge in [0.2, 0.25) is 0 Å². The number of halogens is 1. The van der Waals surface area contributed by atoms with E-state index in [4.69, 9.17) is 22.1 Å². The van der Waals surface area contributed by atoms with E-state index in [-0.39, 0.29) is 0 Å². The highest BCUT2D eigenvalue weighted by Gasteiger charge is 2.18. The number of nitrogens with zero attached hydrogens (tertiary/aromatic N) is 3. The van der Waals surface area contributed by atoms with Gasteiger partial charge in [0.25, 0.3) is 0 Å². The van der Waals surface area contributed by atoms with Gasteiger partial charge in [-0.2, -0.15) is 5.10 Å². The lowest BCUT2D eigenvalue weighted by Crippen LogP contribution is -2.12. The molecule has 0 unspecified atom stereocenters. The van der Waals surface area contributed by atoms with Gasteiger partial charge in [0.15, 0.2) is 0 Å². The monoisotopic (exact) mass is 296 g/mol.